The Morgan fingerprint density at radius 1 is 1.05 bits per heavy atom. The second-order valence-electron chi connectivity index (χ2n) is 4.01. The third kappa shape index (κ3) is 3.68. The van der Waals surface area contributed by atoms with Crippen molar-refractivity contribution in [1.82, 2.24) is 0 Å². The van der Waals surface area contributed by atoms with Crippen molar-refractivity contribution in [2.24, 2.45) is 0 Å². The van der Waals surface area contributed by atoms with Gasteiger partial charge in [-0.15, -0.1) is 0 Å². The molecular weight excluding hydrogens is 276 g/mol. The van der Waals surface area contributed by atoms with Crippen molar-refractivity contribution in [1.29, 1.82) is 0 Å². The van der Waals surface area contributed by atoms with Crippen LogP contribution in [-0.4, -0.2) is 27.6 Å². The van der Waals surface area contributed by atoms with Gasteiger partial charge in [-0.05, 0) is 24.3 Å². The molecule has 0 amide bonds. The average molecular weight is 290 g/mol. The second-order valence-corrected chi connectivity index (χ2v) is 5.58. The van der Waals surface area contributed by atoms with Crippen LogP contribution in [0.2, 0.25) is 0 Å². The zero-order valence-corrected chi connectivity index (χ0v) is 11.5. The number of rotatable bonds is 6. The summed E-state index contributed by atoms with van der Waals surface area (Å²) in [7, 11) is -1.15. The molecule has 104 valence electrons. The molecule has 2 aromatic rings. The molecule has 2 rings (SSSR count). The first-order valence-electron chi connectivity index (χ1n) is 6.07. The normalized spacial score (nSPS) is 11.8. The van der Waals surface area contributed by atoms with Gasteiger partial charge in [0, 0.05) is 4.90 Å². The molecule has 0 aliphatic rings. The van der Waals surface area contributed by atoms with Gasteiger partial charge in [-0.2, -0.15) is 0 Å². The molecule has 1 atom stereocenters. The fourth-order valence-electron chi connectivity index (χ4n) is 1.69. The van der Waals surface area contributed by atoms with E-state index in [0.717, 1.165) is 4.90 Å². The monoisotopic (exact) mass is 290 g/mol. The van der Waals surface area contributed by atoms with Gasteiger partial charge in [-0.25, -0.2) is 4.79 Å². The van der Waals surface area contributed by atoms with E-state index in [0.29, 0.717) is 11.5 Å². The molecule has 0 saturated heterocycles. The highest BCUT2D eigenvalue weighted by Crippen LogP contribution is 2.17. The lowest BCUT2D eigenvalue weighted by molar-refractivity contribution is 0.0692. The van der Waals surface area contributed by atoms with Crippen molar-refractivity contribution in [3.8, 4) is 5.75 Å². The molecule has 20 heavy (non-hydrogen) atoms. The van der Waals surface area contributed by atoms with Crippen LogP contribution in [0.5, 0.6) is 5.75 Å². The second kappa shape index (κ2) is 6.86. The Morgan fingerprint density at radius 2 is 1.70 bits per heavy atom. The van der Waals surface area contributed by atoms with Gasteiger partial charge in [0.05, 0.1) is 16.6 Å². The van der Waals surface area contributed by atoms with Crippen molar-refractivity contribution in [2.45, 2.75) is 4.90 Å². The molecule has 5 heteroatoms. The third-order valence-corrected chi connectivity index (χ3v) is 3.99. The predicted octanol–water partition coefficient (Wildman–Crippen LogP) is 2.57. The zero-order valence-electron chi connectivity index (χ0n) is 10.7. The number of para-hydroxylation sites is 1. The van der Waals surface area contributed by atoms with Crippen LogP contribution in [0.15, 0.2) is 59.5 Å². The molecule has 0 bridgehead atoms. The van der Waals surface area contributed by atoms with Gasteiger partial charge in [-0.1, -0.05) is 30.3 Å². The molecule has 0 aliphatic heterocycles. The van der Waals surface area contributed by atoms with Gasteiger partial charge >= 0.3 is 5.97 Å². The standard InChI is InChI=1S/C15H14O4S/c16-15(17)13-8-4-5-9-14(13)19-10-11-20(18)12-6-2-1-3-7-12/h1-9H,10-11H2,(H,16,17). The van der Waals surface area contributed by atoms with Gasteiger partial charge in [0.15, 0.2) is 0 Å². The van der Waals surface area contributed by atoms with Crippen LogP contribution >= 0.6 is 0 Å². The third-order valence-electron chi connectivity index (χ3n) is 2.65. The maximum absolute atomic E-state index is 12.0. The highest BCUT2D eigenvalue weighted by molar-refractivity contribution is 7.85. The van der Waals surface area contributed by atoms with Crippen LogP contribution in [-0.2, 0) is 10.8 Å². The largest absolute Gasteiger partial charge is 0.492 e. The van der Waals surface area contributed by atoms with E-state index < -0.39 is 16.8 Å². The lowest BCUT2D eigenvalue weighted by atomic mass is 10.2. The molecule has 0 heterocycles. The smallest absolute Gasteiger partial charge is 0.339 e. The molecule has 0 aliphatic carbocycles. The van der Waals surface area contributed by atoms with Crippen molar-refractivity contribution in [3.63, 3.8) is 0 Å². The number of hydrogen-bond donors (Lipinski definition) is 1. The Hall–Kier alpha value is -2.14. The quantitative estimate of drug-likeness (QED) is 0.888. The predicted molar refractivity (Wildman–Crippen MR) is 76.6 cm³/mol. The minimum atomic E-state index is -1.15. The van der Waals surface area contributed by atoms with Crippen LogP contribution in [0.4, 0.5) is 0 Å². The number of benzene rings is 2. The summed E-state index contributed by atoms with van der Waals surface area (Å²) in [6.07, 6.45) is 0. The lowest BCUT2D eigenvalue weighted by Gasteiger charge is -2.08. The molecule has 0 fully saturated rings. The Balaban J connectivity index is 1.94. The van der Waals surface area contributed by atoms with Crippen molar-refractivity contribution >= 4 is 16.8 Å². The van der Waals surface area contributed by atoms with E-state index in [2.05, 4.69) is 0 Å². The Labute approximate surface area is 119 Å². The van der Waals surface area contributed by atoms with E-state index in [1.807, 2.05) is 18.2 Å². The summed E-state index contributed by atoms with van der Waals surface area (Å²) in [5.41, 5.74) is 0.109. The first kappa shape index (κ1) is 14.3. The fraction of sp³-hybridized carbons (Fsp3) is 0.133. The summed E-state index contributed by atoms with van der Waals surface area (Å²) in [6, 6.07) is 15.5. The van der Waals surface area contributed by atoms with E-state index in [9.17, 15) is 9.00 Å². The van der Waals surface area contributed by atoms with Gasteiger partial charge < -0.3 is 9.84 Å². The van der Waals surface area contributed by atoms with Gasteiger partial charge in [0.2, 0.25) is 0 Å². The number of carboxylic acids is 1. The molecule has 0 spiro atoms. The first-order valence-corrected chi connectivity index (χ1v) is 7.39. The summed E-state index contributed by atoms with van der Waals surface area (Å²) < 4.78 is 17.4. The highest BCUT2D eigenvalue weighted by atomic mass is 32.2. The van der Waals surface area contributed by atoms with Gasteiger partial charge in [0.1, 0.15) is 17.9 Å². The fourth-order valence-corrected chi connectivity index (χ4v) is 2.62. The van der Waals surface area contributed by atoms with Crippen LogP contribution in [0.3, 0.4) is 0 Å². The number of hydrogen-bond acceptors (Lipinski definition) is 3. The molecule has 0 saturated carbocycles. The minimum absolute atomic E-state index is 0.109. The van der Waals surface area contributed by atoms with E-state index in [1.54, 1.807) is 30.3 Å². The van der Waals surface area contributed by atoms with Gasteiger partial charge in [0.25, 0.3) is 0 Å². The molecule has 4 nitrogen and oxygen atoms in total. The summed E-state index contributed by atoms with van der Waals surface area (Å²) in [5, 5.41) is 9.01. The van der Waals surface area contributed by atoms with E-state index >= 15 is 0 Å². The molecule has 1 unspecified atom stereocenters. The molecule has 1 N–H and O–H groups in total. The molecule has 2 aromatic carbocycles. The number of ether oxygens (including phenoxy) is 1. The van der Waals surface area contributed by atoms with E-state index in [-0.39, 0.29) is 12.2 Å². The first-order chi connectivity index (χ1) is 9.68. The summed E-state index contributed by atoms with van der Waals surface area (Å²) >= 11 is 0. The number of aromatic carboxylic acids is 1. The van der Waals surface area contributed by atoms with Gasteiger partial charge in [-0.3, -0.25) is 4.21 Å². The van der Waals surface area contributed by atoms with Crippen LogP contribution < -0.4 is 4.74 Å². The Morgan fingerprint density at radius 3 is 2.40 bits per heavy atom. The maximum Gasteiger partial charge on any atom is 0.339 e. The molecule has 0 aromatic heterocycles. The summed E-state index contributed by atoms with van der Waals surface area (Å²) in [4.78, 5) is 11.7. The van der Waals surface area contributed by atoms with Crippen LogP contribution in [0.1, 0.15) is 10.4 Å². The summed E-state index contributed by atoms with van der Waals surface area (Å²) in [5.74, 6) is -0.423. The molecule has 0 radical (unpaired) electrons. The molecular formula is C15H14O4S. The number of carbonyl (C=O) groups is 1. The maximum atomic E-state index is 12.0. The summed E-state index contributed by atoms with van der Waals surface area (Å²) in [6.45, 7) is 0.200. The Bertz CT molecular complexity index is 610. The van der Waals surface area contributed by atoms with Crippen molar-refractivity contribution in [3.05, 3.63) is 60.2 Å². The Kier molecular flexibility index (Phi) is 4.90. The minimum Gasteiger partial charge on any atom is -0.492 e. The SMILES string of the molecule is O=C(O)c1ccccc1OCCS(=O)c1ccccc1. The van der Waals surface area contributed by atoms with Crippen molar-refractivity contribution < 1.29 is 18.8 Å². The van der Waals surface area contributed by atoms with E-state index in [4.69, 9.17) is 9.84 Å². The van der Waals surface area contributed by atoms with Crippen molar-refractivity contribution in [2.75, 3.05) is 12.4 Å². The van der Waals surface area contributed by atoms with Crippen LogP contribution in [0, 0.1) is 0 Å². The lowest BCUT2D eigenvalue weighted by Crippen LogP contribution is -2.10. The number of carboxylic acid groups (broad SMARTS) is 1. The topological polar surface area (TPSA) is 63.6 Å². The highest BCUT2D eigenvalue weighted by Gasteiger charge is 2.10. The average Bonchev–Trinajstić information content (AvgIpc) is 2.48. The zero-order chi connectivity index (χ0) is 14.4. The van der Waals surface area contributed by atoms with Crippen LogP contribution in [0.25, 0.3) is 0 Å². The van der Waals surface area contributed by atoms with E-state index in [1.165, 1.54) is 6.07 Å².